The third-order valence-electron chi connectivity index (χ3n) is 5.90. The fourth-order valence-electron chi connectivity index (χ4n) is 3.82. The summed E-state index contributed by atoms with van der Waals surface area (Å²) in [5.41, 5.74) is 1.62. The van der Waals surface area contributed by atoms with Crippen LogP contribution in [0.3, 0.4) is 0 Å². The number of thioether (sulfide) groups is 1. The second-order valence-electron chi connectivity index (χ2n) is 8.38. The number of ether oxygens (including phenoxy) is 1. The molecule has 0 bridgehead atoms. The van der Waals surface area contributed by atoms with Gasteiger partial charge in [0, 0.05) is 11.4 Å². The Hall–Kier alpha value is -2.97. The molecule has 0 spiro atoms. The van der Waals surface area contributed by atoms with Gasteiger partial charge >= 0.3 is 0 Å². The minimum Gasteiger partial charge on any atom is -0.494 e. The number of carbonyl (C=O) groups is 1. The van der Waals surface area contributed by atoms with Gasteiger partial charge in [-0.3, -0.25) is 9.10 Å². The number of hydrogen-bond acceptors (Lipinski definition) is 5. The van der Waals surface area contributed by atoms with Gasteiger partial charge < -0.3 is 10.1 Å². The van der Waals surface area contributed by atoms with Gasteiger partial charge in [0.2, 0.25) is 5.91 Å². The zero-order chi connectivity index (χ0) is 26.0. The van der Waals surface area contributed by atoms with Gasteiger partial charge in [-0.25, -0.2) is 8.42 Å². The predicted molar refractivity (Wildman–Crippen MR) is 147 cm³/mol. The molecule has 0 aliphatic heterocycles. The number of carbonyl (C=O) groups excluding carboxylic acids is 1. The molecule has 0 heterocycles. The normalized spacial score (nSPS) is 12.1. The molecule has 8 heteroatoms. The summed E-state index contributed by atoms with van der Waals surface area (Å²) in [6.45, 7) is 4.64. The first-order valence-electron chi connectivity index (χ1n) is 12.1. The Balaban J connectivity index is 1.79. The Morgan fingerprint density at radius 2 is 1.64 bits per heavy atom. The summed E-state index contributed by atoms with van der Waals surface area (Å²) in [7, 11) is -3.97. The molecule has 0 aliphatic rings. The maximum Gasteiger partial charge on any atom is 0.264 e. The van der Waals surface area contributed by atoms with Crippen molar-refractivity contribution in [2.75, 3.05) is 30.3 Å². The van der Waals surface area contributed by atoms with E-state index in [0.717, 1.165) is 22.0 Å². The van der Waals surface area contributed by atoms with Gasteiger partial charge in [-0.1, -0.05) is 43.7 Å². The molecule has 36 heavy (non-hydrogen) atoms. The first kappa shape index (κ1) is 27.6. The van der Waals surface area contributed by atoms with Crippen LogP contribution in [0.15, 0.2) is 88.7 Å². The molecule has 0 aromatic heterocycles. The lowest BCUT2D eigenvalue weighted by Gasteiger charge is -2.25. The van der Waals surface area contributed by atoms with Gasteiger partial charge in [-0.05, 0) is 79.6 Å². The highest BCUT2D eigenvalue weighted by Crippen LogP contribution is 2.27. The zero-order valence-corrected chi connectivity index (χ0v) is 22.6. The smallest absolute Gasteiger partial charge is 0.264 e. The molecule has 192 valence electrons. The molecular weight excluding hydrogens is 492 g/mol. The third-order valence-corrected chi connectivity index (χ3v) is 8.43. The summed E-state index contributed by atoms with van der Waals surface area (Å²) in [5.74, 6) is 0.546. The van der Waals surface area contributed by atoms with Crippen molar-refractivity contribution in [3.8, 4) is 5.75 Å². The average molecular weight is 527 g/mol. The van der Waals surface area contributed by atoms with Crippen LogP contribution in [0.25, 0.3) is 0 Å². The SMILES string of the molecule is CCOc1ccc(N(CC(=O)NCC(CC)Cc2ccccc2)S(=O)(=O)c2ccc(SC)cc2)cc1. The second-order valence-corrected chi connectivity index (χ2v) is 11.1. The Morgan fingerprint density at radius 3 is 2.22 bits per heavy atom. The van der Waals surface area contributed by atoms with E-state index in [1.165, 1.54) is 17.3 Å². The quantitative estimate of drug-likeness (QED) is 0.302. The van der Waals surface area contributed by atoms with Crippen LogP contribution in [0.2, 0.25) is 0 Å². The average Bonchev–Trinajstić information content (AvgIpc) is 2.91. The summed E-state index contributed by atoms with van der Waals surface area (Å²) in [4.78, 5) is 14.1. The highest BCUT2D eigenvalue weighted by Gasteiger charge is 2.27. The van der Waals surface area contributed by atoms with Gasteiger partial charge in [0.05, 0.1) is 17.2 Å². The van der Waals surface area contributed by atoms with E-state index in [0.29, 0.717) is 24.6 Å². The van der Waals surface area contributed by atoms with Crippen LogP contribution in [0, 0.1) is 5.92 Å². The van der Waals surface area contributed by atoms with Crippen molar-refractivity contribution < 1.29 is 17.9 Å². The van der Waals surface area contributed by atoms with Gasteiger partial charge in [-0.15, -0.1) is 11.8 Å². The number of nitrogens with one attached hydrogen (secondary N) is 1. The zero-order valence-electron chi connectivity index (χ0n) is 21.0. The lowest BCUT2D eigenvalue weighted by Crippen LogP contribution is -2.42. The fourth-order valence-corrected chi connectivity index (χ4v) is 5.65. The first-order chi connectivity index (χ1) is 17.4. The molecule has 0 fully saturated rings. The number of benzene rings is 3. The van der Waals surface area contributed by atoms with Crippen molar-refractivity contribution >= 4 is 33.4 Å². The highest BCUT2D eigenvalue weighted by molar-refractivity contribution is 7.98. The number of amides is 1. The Morgan fingerprint density at radius 1 is 0.972 bits per heavy atom. The number of rotatable bonds is 13. The molecule has 1 atom stereocenters. The van der Waals surface area contributed by atoms with E-state index in [1.807, 2.05) is 31.4 Å². The standard InChI is InChI=1S/C28H34N2O4S2/c1-4-22(19-23-9-7-6-8-10-23)20-29-28(31)21-30(24-11-13-25(14-12-24)34-5-2)36(32,33)27-17-15-26(35-3)16-18-27/h6-18,22H,4-5,19-21H2,1-3H3,(H,29,31). The van der Waals surface area contributed by atoms with Crippen molar-refractivity contribution in [3.63, 3.8) is 0 Å². The summed E-state index contributed by atoms with van der Waals surface area (Å²) in [5, 5.41) is 2.95. The summed E-state index contributed by atoms with van der Waals surface area (Å²) >= 11 is 1.54. The predicted octanol–water partition coefficient (Wildman–Crippen LogP) is 5.39. The Labute approximate surface area is 219 Å². The lowest BCUT2D eigenvalue weighted by molar-refractivity contribution is -0.119. The molecule has 1 N–H and O–H groups in total. The van der Waals surface area contributed by atoms with E-state index >= 15 is 0 Å². The molecule has 0 saturated carbocycles. The fraction of sp³-hybridized carbons (Fsp3) is 0.321. The Kier molecular flexibility index (Phi) is 10.3. The molecule has 1 unspecified atom stereocenters. The largest absolute Gasteiger partial charge is 0.494 e. The number of anilines is 1. The first-order valence-corrected chi connectivity index (χ1v) is 14.7. The lowest BCUT2D eigenvalue weighted by atomic mass is 9.97. The number of sulfonamides is 1. The summed E-state index contributed by atoms with van der Waals surface area (Å²) in [6, 6.07) is 23.6. The molecule has 0 radical (unpaired) electrons. The minimum atomic E-state index is -3.97. The van der Waals surface area contributed by atoms with Crippen molar-refractivity contribution in [2.45, 2.75) is 36.5 Å². The van der Waals surface area contributed by atoms with Gasteiger partial charge in [0.1, 0.15) is 12.3 Å². The van der Waals surface area contributed by atoms with Crippen LogP contribution < -0.4 is 14.4 Å². The van der Waals surface area contributed by atoms with Crippen LogP contribution in [-0.4, -0.2) is 40.3 Å². The van der Waals surface area contributed by atoms with Gasteiger partial charge in [0.15, 0.2) is 0 Å². The monoisotopic (exact) mass is 526 g/mol. The van der Waals surface area contributed by atoms with Crippen molar-refractivity contribution in [1.29, 1.82) is 0 Å². The summed E-state index contributed by atoms with van der Waals surface area (Å²) in [6.07, 6.45) is 3.68. The summed E-state index contributed by atoms with van der Waals surface area (Å²) < 4.78 is 33.9. The van der Waals surface area contributed by atoms with Gasteiger partial charge in [0.25, 0.3) is 10.0 Å². The number of nitrogens with zero attached hydrogens (tertiary/aromatic N) is 1. The third kappa shape index (κ3) is 7.51. The van der Waals surface area contributed by atoms with Crippen molar-refractivity contribution in [3.05, 3.63) is 84.4 Å². The van der Waals surface area contributed by atoms with E-state index < -0.39 is 10.0 Å². The number of hydrogen-bond donors (Lipinski definition) is 1. The molecule has 3 aromatic carbocycles. The molecule has 1 amide bonds. The van der Waals surface area contributed by atoms with Crippen LogP contribution in [0.1, 0.15) is 25.8 Å². The molecule has 3 aromatic rings. The maximum absolute atomic E-state index is 13.6. The van der Waals surface area contributed by atoms with Crippen molar-refractivity contribution in [2.24, 2.45) is 5.92 Å². The molecule has 0 saturated heterocycles. The molecule has 6 nitrogen and oxygen atoms in total. The van der Waals surface area contributed by atoms with E-state index in [1.54, 1.807) is 48.5 Å². The second kappa shape index (κ2) is 13.4. The molecular formula is C28H34N2O4S2. The highest BCUT2D eigenvalue weighted by atomic mass is 32.2. The van der Waals surface area contributed by atoms with Crippen LogP contribution in [0.5, 0.6) is 5.75 Å². The molecule has 0 aliphatic carbocycles. The Bertz CT molecular complexity index is 1200. The van der Waals surface area contributed by atoms with E-state index in [2.05, 4.69) is 24.4 Å². The van der Waals surface area contributed by atoms with Crippen LogP contribution in [-0.2, 0) is 21.2 Å². The van der Waals surface area contributed by atoms with Gasteiger partial charge in [-0.2, -0.15) is 0 Å². The van der Waals surface area contributed by atoms with E-state index in [4.69, 9.17) is 4.74 Å². The molecule has 3 rings (SSSR count). The van der Waals surface area contributed by atoms with E-state index in [-0.39, 0.29) is 23.3 Å². The maximum atomic E-state index is 13.6. The van der Waals surface area contributed by atoms with Crippen molar-refractivity contribution in [1.82, 2.24) is 5.32 Å². The van der Waals surface area contributed by atoms with E-state index in [9.17, 15) is 13.2 Å². The van der Waals surface area contributed by atoms with Crippen LogP contribution >= 0.6 is 11.8 Å². The minimum absolute atomic E-state index is 0.137. The van der Waals surface area contributed by atoms with Crippen LogP contribution in [0.4, 0.5) is 5.69 Å². The topological polar surface area (TPSA) is 75.7 Å².